The molecule has 0 spiro atoms. The minimum absolute atomic E-state index is 0.0204. The largest absolute Gasteiger partial charge is 0.494 e. The molecule has 1 aliphatic heterocycles. The summed E-state index contributed by atoms with van der Waals surface area (Å²) in [6.07, 6.45) is 4.93. The van der Waals surface area contributed by atoms with Gasteiger partial charge in [-0.15, -0.1) is 0 Å². The molecule has 0 aromatic heterocycles. The zero-order chi connectivity index (χ0) is 21.3. The highest BCUT2D eigenvalue weighted by atomic mass is 16.5. The second kappa shape index (κ2) is 10.7. The lowest BCUT2D eigenvalue weighted by atomic mass is 9.96. The van der Waals surface area contributed by atoms with Crippen molar-refractivity contribution in [2.24, 2.45) is 11.7 Å². The normalized spacial score (nSPS) is 14.4. The molecule has 1 aliphatic rings. The van der Waals surface area contributed by atoms with Gasteiger partial charge in [-0.1, -0.05) is 19.8 Å². The second-order valence-corrected chi connectivity index (χ2v) is 7.74. The first-order valence-corrected chi connectivity index (χ1v) is 10.8. The van der Waals surface area contributed by atoms with Gasteiger partial charge < -0.3 is 20.7 Å². The lowest BCUT2D eigenvalue weighted by Crippen LogP contribution is -2.38. The molecule has 160 valence electrons. The van der Waals surface area contributed by atoms with E-state index in [4.69, 9.17) is 10.5 Å². The Bertz CT molecular complexity index is 826. The monoisotopic (exact) mass is 409 g/mol. The molecule has 0 unspecified atom stereocenters. The van der Waals surface area contributed by atoms with Crippen molar-refractivity contribution in [2.45, 2.75) is 39.0 Å². The number of piperidine rings is 1. The maximum absolute atomic E-state index is 12.5. The zero-order valence-corrected chi connectivity index (χ0v) is 17.6. The Hall–Kier alpha value is -3.02. The van der Waals surface area contributed by atoms with Crippen molar-refractivity contribution in [3.63, 3.8) is 0 Å². The maximum Gasteiger partial charge on any atom is 0.255 e. The van der Waals surface area contributed by atoms with Gasteiger partial charge in [-0.3, -0.25) is 9.59 Å². The standard InChI is InChI=1S/C24H31N3O3/c1-2-3-4-17-30-22-11-5-19(6-12-22)24(29)26-20-7-9-21(10-8-20)27-15-13-18(14-16-27)23(25)28/h5-12,18H,2-4,13-17H2,1H3,(H2,25,28)(H,26,29). The minimum atomic E-state index is -0.205. The number of carbonyl (C=O) groups is 2. The SMILES string of the molecule is CCCCCOc1ccc(C(=O)Nc2ccc(N3CCC(C(N)=O)CC3)cc2)cc1. The Kier molecular flexibility index (Phi) is 7.71. The molecular formula is C24H31N3O3. The highest BCUT2D eigenvalue weighted by molar-refractivity contribution is 6.04. The van der Waals surface area contributed by atoms with Crippen LogP contribution in [0.4, 0.5) is 11.4 Å². The number of unbranched alkanes of at least 4 members (excludes halogenated alkanes) is 2. The molecule has 30 heavy (non-hydrogen) atoms. The van der Waals surface area contributed by atoms with Gasteiger partial charge in [0.05, 0.1) is 6.61 Å². The molecular weight excluding hydrogens is 378 g/mol. The quantitative estimate of drug-likeness (QED) is 0.608. The van der Waals surface area contributed by atoms with E-state index >= 15 is 0 Å². The number of anilines is 2. The summed E-state index contributed by atoms with van der Waals surface area (Å²) in [5.41, 5.74) is 7.82. The van der Waals surface area contributed by atoms with Gasteiger partial charge in [0.1, 0.15) is 5.75 Å². The molecule has 1 saturated heterocycles. The van der Waals surface area contributed by atoms with Crippen LogP contribution in [-0.4, -0.2) is 31.5 Å². The third-order valence-corrected chi connectivity index (χ3v) is 5.52. The van der Waals surface area contributed by atoms with Gasteiger partial charge in [-0.2, -0.15) is 0 Å². The number of nitrogens with zero attached hydrogens (tertiary/aromatic N) is 1. The highest BCUT2D eigenvalue weighted by Gasteiger charge is 2.23. The van der Waals surface area contributed by atoms with Crippen LogP contribution in [0.25, 0.3) is 0 Å². The molecule has 2 aromatic rings. The first kappa shape index (κ1) is 21.7. The van der Waals surface area contributed by atoms with E-state index in [1.165, 1.54) is 0 Å². The van der Waals surface area contributed by atoms with Gasteiger partial charge in [-0.25, -0.2) is 0 Å². The lowest BCUT2D eigenvalue weighted by molar-refractivity contribution is -0.122. The van der Waals surface area contributed by atoms with E-state index in [0.29, 0.717) is 12.2 Å². The van der Waals surface area contributed by atoms with Crippen LogP contribution in [0.2, 0.25) is 0 Å². The maximum atomic E-state index is 12.5. The number of hydrogen-bond donors (Lipinski definition) is 2. The predicted octanol–water partition coefficient (Wildman–Crippen LogP) is 4.21. The van der Waals surface area contributed by atoms with E-state index in [1.54, 1.807) is 12.1 Å². The summed E-state index contributed by atoms with van der Waals surface area (Å²) >= 11 is 0. The molecule has 1 fully saturated rings. The van der Waals surface area contributed by atoms with Crippen LogP contribution < -0.4 is 20.7 Å². The fraction of sp³-hybridized carbons (Fsp3) is 0.417. The van der Waals surface area contributed by atoms with Crippen molar-refractivity contribution >= 4 is 23.2 Å². The molecule has 2 amide bonds. The molecule has 0 radical (unpaired) electrons. The van der Waals surface area contributed by atoms with Crippen LogP contribution in [0.3, 0.4) is 0 Å². The summed E-state index contributed by atoms with van der Waals surface area (Å²) in [7, 11) is 0. The average Bonchev–Trinajstić information content (AvgIpc) is 2.78. The molecule has 0 atom stereocenters. The summed E-state index contributed by atoms with van der Waals surface area (Å²) in [5.74, 6) is 0.409. The fourth-order valence-electron chi connectivity index (χ4n) is 3.63. The number of benzene rings is 2. The number of primary amides is 1. The van der Waals surface area contributed by atoms with E-state index in [2.05, 4.69) is 17.1 Å². The Morgan fingerprint density at radius 2 is 1.70 bits per heavy atom. The summed E-state index contributed by atoms with van der Waals surface area (Å²) in [4.78, 5) is 26.1. The van der Waals surface area contributed by atoms with E-state index in [1.807, 2.05) is 36.4 Å². The molecule has 0 aliphatic carbocycles. The van der Waals surface area contributed by atoms with Crippen LogP contribution >= 0.6 is 0 Å². The van der Waals surface area contributed by atoms with Crippen molar-refractivity contribution in [3.05, 3.63) is 54.1 Å². The van der Waals surface area contributed by atoms with Gasteiger partial charge >= 0.3 is 0 Å². The van der Waals surface area contributed by atoms with Gasteiger partial charge in [0, 0.05) is 35.9 Å². The summed E-state index contributed by atoms with van der Waals surface area (Å²) < 4.78 is 5.69. The Balaban J connectivity index is 1.50. The van der Waals surface area contributed by atoms with Gasteiger partial charge in [-0.05, 0) is 67.8 Å². The first-order chi connectivity index (χ1) is 14.6. The number of hydrogen-bond acceptors (Lipinski definition) is 4. The molecule has 3 N–H and O–H groups in total. The predicted molar refractivity (Wildman–Crippen MR) is 120 cm³/mol. The Morgan fingerprint density at radius 1 is 1.03 bits per heavy atom. The Labute approximate surface area is 178 Å². The van der Waals surface area contributed by atoms with Crippen LogP contribution in [0.5, 0.6) is 5.75 Å². The van der Waals surface area contributed by atoms with Gasteiger partial charge in [0.25, 0.3) is 5.91 Å². The summed E-state index contributed by atoms with van der Waals surface area (Å²) in [6, 6.07) is 15.0. The van der Waals surface area contributed by atoms with Gasteiger partial charge in [0.15, 0.2) is 0 Å². The number of ether oxygens (including phenoxy) is 1. The van der Waals surface area contributed by atoms with Crippen LogP contribution in [0.15, 0.2) is 48.5 Å². The molecule has 6 heteroatoms. The van der Waals surface area contributed by atoms with Crippen molar-refractivity contribution in [1.82, 2.24) is 0 Å². The molecule has 6 nitrogen and oxygen atoms in total. The topological polar surface area (TPSA) is 84.7 Å². The van der Waals surface area contributed by atoms with Crippen molar-refractivity contribution in [1.29, 1.82) is 0 Å². The second-order valence-electron chi connectivity index (χ2n) is 7.74. The Morgan fingerprint density at radius 3 is 2.30 bits per heavy atom. The third kappa shape index (κ3) is 5.99. The first-order valence-electron chi connectivity index (χ1n) is 10.8. The van der Waals surface area contributed by atoms with Crippen LogP contribution in [0, 0.1) is 5.92 Å². The van der Waals surface area contributed by atoms with Gasteiger partial charge in [0.2, 0.25) is 5.91 Å². The highest BCUT2D eigenvalue weighted by Crippen LogP contribution is 2.25. The van der Waals surface area contributed by atoms with E-state index in [9.17, 15) is 9.59 Å². The summed E-state index contributed by atoms with van der Waals surface area (Å²) in [6.45, 7) is 4.49. The van der Waals surface area contributed by atoms with Crippen molar-refractivity contribution in [2.75, 3.05) is 29.9 Å². The number of nitrogens with two attached hydrogens (primary N) is 1. The van der Waals surface area contributed by atoms with E-state index in [0.717, 1.165) is 62.3 Å². The van der Waals surface area contributed by atoms with Crippen LogP contribution in [-0.2, 0) is 4.79 Å². The van der Waals surface area contributed by atoms with E-state index in [-0.39, 0.29) is 17.7 Å². The smallest absolute Gasteiger partial charge is 0.255 e. The number of rotatable bonds is 9. The molecule has 3 rings (SSSR count). The zero-order valence-electron chi connectivity index (χ0n) is 17.6. The number of amides is 2. The molecule has 2 aromatic carbocycles. The third-order valence-electron chi connectivity index (χ3n) is 5.52. The van der Waals surface area contributed by atoms with E-state index < -0.39 is 0 Å². The van der Waals surface area contributed by atoms with Crippen molar-refractivity contribution < 1.29 is 14.3 Å². The molecule has 0 bridgehead atoms. The van der Waals surface area contributed by atoms with Crippen LogP contribution in [0.1, 0.15) is 49.4 Å². The number of nitrogens with one attached hydrogen (secondary N) is 1. The molecule has 0 saturated carbocycles. The average molecular weight is 410 g/mol. The molecule has 1 heterocycles. The number of carbonyl (C=O) groups excluding carboxylic acids is 2. The minimum Gasteiger partial charge on any atom is -0.494 e. The summed E-state index contributed by atoms with van der Waals surface area (Å²) in [5, 5.41) is 2.93. The fourth-order valence-corrected chi connectivity index (χ4v) is 3.63. The lowest BCUT2D eigenvalue weighted by Gasteiger charge is -2.32. The van der Waals surface area contributed by atoms with Crippen molar-refractivity contribution in [3.8, 4) is 5.75 Å².